The highest BCUT2D eigenvalue weighted by Crippen LogP contribution is 2.48. The molecule has 1 aromatic heterocycles. The highest BCUT2D eigenvalue weighted by atomic mass is 16.5. The molecule has 0 bridgehead atoms. The molecule has 0 unspecified atom stereocenters. The van der Waals surface area contributed by atoms with Crippen LogP contribution in [0.15, 0.2) is 24.4 Å². The molecule has 5 heteroatoms. The van der Waals surface area contributed by atoms with E-state index in [4.69, 9.17) is 4.74 Å². The van der Waals surface area contributed by atoms with Crippen LogP contribution in [0.25, 0.3) is 0 Å². The molecule has 1 aliphatic carbocycles. The highest BCUT2D eigenvalue weighted by molar-refractivity contribution is 5.78. The first-order chi connectivity index (χ1) is 11.1. The van der Waals surface area contributed by atoms with Crippen molar-refractivity contribution in [3.8, 4) is 0 Å². The molecule has 0 spiro atoms. The number of carbonyl (C=O) groups is 1. The summed E-state index contributed by atoms with van der Waals surface area (Å²) in [6.07, 6.45) is 5.45. The zero-order valence-electron chi connectivity index (χ0n) is 14.2. The van der Waals surface area contributed by atoms with Crippen LogP contribution in [0.5, 0.6) is 0 Å². The van der Waals surface area contributed by atoms with E-state index >= 15 is 0 Å². The maximum absolute atomic E-state index is 12.4. The number of fused-ring (bicyclic) bond motifs is 1. The zero-order valence-corrected chi connectivity index (χ0v) is 14.2. The average molecular weight is 317 g/mol. The number of amides is 1. The molecule has 3 rings (SSSR count). The highest BCUT2D eigenvalue weighted by Gasteiger charge is 2.50. The lowest BCUT2D eigenvalue weighted by Crippen LogP contribution is -2.38. The van der Waals surface area contributed by atoms with Gasteiger partial charge in [0.15, 0.2) is 0 Å². The minimum Gasteiger partial charge on any atom is -0.375 e. The number of rotatable bonds is 6. The van der Waals surface area contributed by atoms with Crippen molar-refractivity contribution in [1.29, 1.82) is 0 Å². The molecular weight excluding hydrogens is 290 g/mol. The maximum atomic E-state index is 12.4. The Hall–Kier alpha value is -1.46. The van der Waals surface area contributed by atoms with E-state index < -0.39 is 0 Å². The fraction of sp³-hybridized carbons (Fsp3) is 0.667. The van der Waals surface area contributed by atoms with E-state index in [0.717, 1.165) is 25.4 Å². The third-order valence-electron chi connectivity index (χ3n) is 5.21. The summed E-state index contributed by atoms with van der Waals surface area (Å²) in [6, 6.07) is 5.89. The van der Waals surface area contributed by atoms with Crippen molar-refractivity contribution >= 4 is 5.91 Å². The molecule has 126 valence electrons. The van der Waals surface area contributed by atoms with Gasteiger partial charge in [-0.05, 0) is 45.0 Å². The van der Waals surface area contributed by atoms with Gasteiger partial charge in [-0.15, -0.1) is 0 Å². The molecule has 1 aromatic rings. The Morgan fingerprint density at radius 2 is 2.35 bits per heavy atom. The fourth-order valence-electron chi connectivity index (χ4n) is 4.05. The van der Waals surface area contributed by atoms with E-state index in [2.05, 4.69) is 4.98 Å². The average Bonchev–Trinajstić information content (AvgIpc) is 3.04. The number of pyridine rings is 1. The van der Waals surface area contributed by atoms with Crippen LogP contribution in [-0.2, 0) is 16.1 Å². The Morgan fingerprint density at radius 3 is 3.09 bits per heavy atom. The van der Waals surface area contributed by atoms with Crippen LogP contribution in [0.1, 0.15) is 25.0 Å². The van der Waals surface area contributed by atoms with Crippen molar-refractivity contribution in [3.63, 3.8) is 0 Å². The van der Waals surface area contributed by atoms with E-state index in [1.807, 2.05) is 42.1 Å². The summed E-state index contributed by atoms with van der Waals surface area (Å²) in [6.45, 7) is 3.55. The molecule has 2 aliphatic rings. The zero-order chi connectivity index (χ0) is 16.3. The SMILES string of the molecule is CN(C)CC(=O)N1C[C@H]2CCC[C@@]2(COCc2ccccn2)C1. The third kappa shape index (κ3) is 3.72. The lowest BCUT2D eigenvalue weighted by molar-refractivity contribution is -0.131. The Balaban J connectivity index is 1.57. The first-order valence-electron chi connectivity index (χ1n) is 8.49. The summed E-state index contributed by atoms with van der Waals surface area (Å²) in [4.78, 5) is 20.7. The number of aromatic nitrogens is 1. The molecule has 2 fully saturated rings. The van der Waals surface area contributed by atoms with Crippen molar-refractivity contribution in [3.05, 3.63) is 30.1 Å². The van der Waals surface area contributed by atoms with Gasteiger partial charge in [0.05, 0.1) is 25.5 Å². The number of hydrogen-bond donors (Lipinski definition) is 0. The number of likely N-dealkylation sites (N-methyl/N-ethyl adjacent to an activating group) is 1. The van der Waals surface area contributed by atoms with Crippen LogP contribution in [0.4, 0.5) is 0 Å². The predicted octanol–water partition coefficient (Wildman–Crippen LogP) is 1.79. The van der Waals surface area contributed by atoms with Gasteiger partial charge < -0.3 is 14.5 Å². The summed E-state index contributed by atoms with van der Waals surface area (Å²) in [5, 5.41) is 0. The van der Waals surface area contributed by atoms with E-state index in [-0.39, 0.29) is 11.3 Å². The summed E-state index contributed by atoms with van der Waals surface area (Å²) in [7, 11) is 3.89. The van der Waals surface area contributed by atoms with Gasteiger partial charge in [0, 0.05) is 24.7 Å². The molecular formula is C18H27N3O2. The van der Waals surface area contributed by atoms with Crippen molar-refractivity contribution in [2.75, 3.05) is 40.3 Å². The molecule has 5 nitrogen and oxygen atoms in total. The fourth-order valence-corrected chi connectivity index (χ4v) is 4.05. The number of ether oxygens (including phenoxy) is 1. The lowest BCUT2D eigenvalue weighted by atomic mass is 9.81. The van der Waals surface area contributed by atoms with Gasteiger partial charge in [-0.3, -0.25) is 9.78 Å². The van der Waals surface area contributed by atoms with Crippen LogP contribution in [0, 0.1) is 11.3 Å². The molecule has 1 saturated heterocycles. The number of hydrogen-bond acceptors (Lipinski definition) is 4. The van der Waals surface area contributed by atoms with E-state index in [1.165, 1.54) is 19.3 Å². The topological polar surface area (TPSA) is 45.7 Å². The molecule has 2 heterocycles. The van der Waals surface area contributed by atoms with Gasteiger partial charge in [0.25, 0.3) is 0 Å². The Bertz CT molecular complexity index is 534. The number of nitrogens with zero attached hydrogens (tertiary/aromatic N) is 3. The Morgan fingerprint density at radius 1 is 1.48 bits per heavy atom. The molecule has 23 heavy (non-hydrogen) atoms. The van der Waals surface area contributed by atoms with Gasteiger partial charge in [0.1, 0.15) is 0 Å². The molecule has 0 N–H and O–H groups in total. The van der Waals surface area contributed by atoms with Gasteiger partial charge >= 0.3 is 0 Å². The van der Waals surface area contributed by atoms with Gasteiger partial charge in [0.2, 0.25) is 5.91 Å². The van der Waals surface area contributed by atoms with Gasteiger partial charge in [-0.1, -0.05) is 12.5 Å². The number of carbonyl (C=O) groups excluding carboxylic acids is 1. The molecule has 0 radical (unpaired) electrons. The minimum atomic E-state index is 0.163. The van der Waals surface area contributed by atoms with E-state index in [9.17, 15) is 4.79 Å². The van der Waals surface area contributed by atoms with E-state index in [0.29, 0.717) is 19.1 Å². The summed E-state index contributed by atoms with van der Waals surface area (Å²) < 4.78 is 6.01. The van der Waals surface area contributed by atoms with Crippen molar-refractivity contribution in [1.82, 2.24) is 14.8 Å². The summed E-state index contributed by atoms with van der Waals surface area (Å²) in [5.41, 5.74) is 1.13. The van der Waals surface area contributed by atoms with Gasteiger partial charge in [-0.2, -0.15) is 0 Å². The van der Waals surface area contributed by atoms with Crippen LogP contribution >= 0.6 is 0 Å². The van der Waals surface area contributed by atoms with E-state index in [1.54, 1.807) is 6.20 Å². The van der Waals surface area contributed by atoms with Crippen molar-refractivity contribution in [2.45, 2.75) is 25.9 Å². The minimum absolute atomic E-state index is 0.163. The third-order valence-corrected chi connectivity index (χ3v) is 5.21. The summed E-state index contributed by atoms with van der Waals surface area (Å²) >= 11 is 0. The van der Waals surface area contributed by atoms with Crippen LogP contribution in [0.3, 0.4) is 0 Å². The first-order valence-corrected chi connectivity index (χ1v) is 8.49. The normalized spacial score (nSPS) is 26.7. The lowest BCUT2D eigenvalue weighted by Gasteiger charge is -2.28. The van der Waals surface area contributed by atoms with Crippen molar-refractivity contribution in [2.24, 2.45) is 11.3 Å². The second kappa shape index (κ2) is 6.97. The smallest absolute Gasteiger partial charge is 0.236 e. The summed E-state index contributed by atoms with van der Waals surface area (Å²) in [5.74, 6) is 0.839. The van der Waals surface area contributed by atoms with Crippen LogP contribution in [-0.4, -0.2) is 61.0 Å². The second-order valence-electron chi connectivity index (χ2n) is 7.28. The predicted molar refractivity (Wildman–Crippen MR) is 88.8 cm³/mol. The molecule has 2 atom stereocenters. The van der Waals surface area contributed by atoms with Crippen LogP contribution < -0.4 is 0 Å². The van der Waals surface area contributed by atoms with Crippen molar-refractivity contribution < 1.29 is 9.53 Å². The van der Waals surface area contributed by atoms with Gasteiger partial charge in [-0.25, -0.2) is 0 Å². The largest absolute Gasteiger partial charge is 0.375 e. The number of likely N-dealkylation sites (tertiary alicyclic amines) is 1. The standard InChI is InChI=1S/C18H27N3O2/c1-20(2)11-17(22)21-10-15-6-5-8-18(15,13-21)14-23-12-16-7-3-4-9-19-16/h3-4,7,9,15H,5-6,8,10-14H2,1-2H3/t15-,18+/m1/s1. The maximum Gasteiger partial charge on any atom is 0.236 e. The second-order valence-corrected chi connectivity index (χ2v) is 7.28. The monoisotopic (exact) mass is 317 g/mol. The quantitative estimate of drug-likeness (QED) is 0.802. The van der Waals surface area contributed by atoms with Crippen LogP contribution in [0.2, 0.25) is 0 Å². The molecule has 0 aromatic carbocycles. The molecule has 1 saturated carbocycles. The first kappa shape index (κ1) is 16.4. The Kier molecular flexibility index (Phi) is 4.97. The Labute approximate surface area is 138 Å². The molecule has 1 aliphatic heterocycles. The molecule has 1 amide bonds.